The molecule has 30 heavy (non-hydrogen) atoms. The maximum atomic E-state index is 13.4. The first kappa shape index (κ1) is 18.9. The number of hydrogen-bond acceptors (Lipinski definition) is 6. The van der Waals surface area contributed by atoms with Crippen LogP contribution >= 0.6 is 24.0 Å². The second-order valence-electron chi connectivity index (χ2n) is 6.67. The van der Waals surface area contributed by atoms with E-state index >= 15 is 0 Å². The molecule has 0 aliphatic carbocycles. The molecule has 5 nitrogen and oxygen atoms in total. The van der Waals surface area contributed by atoms with Crippen molar-refractivity contribution in [2.75, 3.05) is 6.79 Å². The molecular formula is C22H14FNO4S2. The highest BCUT2D eigenvalue weighted by molar-refractivity contribution is 8.26. The van der Waals surface area contributed by atoms with E-state index in [2.05, 4.69) is 0 Å². The van der Waals surface area contributed by atoms with Gasteiger partial charge in [0.15, 0.2) is 11.5 Å². The highest BCUT2D eigenvalue weighted by Gasteiger charge is 2.32. The molecule has 150 valence electrons. The Morgan fingerprint density at radius 2 is 1.97 bits per heavy atom. The van der Waals surface area contributed by atoms with Crippen molar-refractivity contribution < 1.29 is 23.1 Å². The van der Waals surface area contributed by atoms with E-state index in [0.29, 0.717) is 44.4 Å². The van der Waals surface area contributed by atoms with Gasteiger partial charge in [-0.2, -0.15) is 0 Å². The average molecular weight is 439 g/mol. The van der Waals surface area contributed by atoms with Crippen LogP contribution in [0.15, 0.2) is 63.9 Å². The fourth-order valence-electron chi connectivity index (χ4n) is 3.21. The maximum Gasteiger partial charge on any atom is 0.266 e. The number of nitrogens with zero attached hydrogens (tertiary/aromatic N) is 1. The number of fused-ring (bicyclic) bond motifs is 1. The van der Waals surface area contributed by atoms with Gasteiger partial charge in [0.2, 0.25) is 6.79 Å². The molecule has 0 unspecified atom stereocenters. The van der Waals surface area contributed by atoms with Gasteiger partial charge in [-0.1, -0.05) is 42.2 Å². The molecule has 0 bridgehead atoms. The van der Waals surface area contributed by atoms with Gasteiger partial charge in [0.05, 0.1) is 11.4 Å². The summed E-state index contributed by atoms with van der Waals surface area (Å²) in [6.07, 6.45) is 1.65. The number of carbonyl (C=O) groups is 1. The molecule has 1 fully saturated rings. The fraction of sp³-hybridized carbons (Fsp3) is 0.0909. The van der Waals surface area contributed by atoms with Crippen LogP contribution in [0.2, 0.25) is 0 Å². The maximum absolute atomic E-state index is 13.4. The lowest BCUT2D eigenvalue weighted by Crippen LogP contribution is -2.27. The Balaban J connectivity index is 1.34. The monoisotopic (exact) mass is 439 g/mol. The van der Waals surface area contributed by atoms with Gasteiger partial charge in [-0.15, -0.1) is 0 Å². The standard InChI is InChI=1S/C22H14FNO4S2/c23-15-3-1-2-14(9-15)17-7-5-16(28-17)10-20-21(25)24(22(29)30-20)11-13-4-6-18-19(8-13)27-12-26-18/h1-10H,11-12H2. The number of thiocarbonyl (C=S) groups is 1. The molecule has 0 saturated carbocycles. The summed E-state index contributed by atoms with van der Waals surface area (Å²) in [4.78, 5) is 14.9. The normalized spacial score (nSPS) is 16.7. The Morgan fingerprint density at radius 3 is 2.83 bits per heavy atom. The molecule has 3 aromatic rings. The summed E-state index contributed by atoms with van der Waals surface area (Å²) in [7, 11) is 0. The van der Waals surface area contributed by atoms with Gasteiger partial charge in [-0.05, 0) is 42.0 Å². The molecule has 0 spiro atoms. The number of hydrogen-bond donors (Lipinski definition) is 0. The Bertz CT molecular complexity index is 1200. The Labute approximate surface area is 181 Å². The van der Waals surface area contributed by atoms with Gasteiger partial charge in [-0.25, -0.2) is 4.39 Å². The van der Waals surface area contributed by atoms with Crippen LogP contribution in [-0.2, 0) is 11.3 Å². The minimum Gasteiger partial charge on any atom is -0.457 e. The van der Waals surface area contributed by atoms with Crippen molar-refractivity contribution in [3.05, 3.63) is 76.6 Å². The first-order chi connectivity index (χ1) is 14.6. The lowest BCUT2D eigenvalue weighted by Gasteiger charge is -2.14. The summed E-state index contributed by atoms with van der Waals surface area (Å²) in [5.41, 5.74) is 1.52. The van der Waals surface area contributed by atoms with Crippen LogP contribution in [0, 0.1) is 5.82 Å². The summed E-state index contributed by atoms with van der Waals surface area (Å²) < 4.78 is 30.4. The van der Waals surface area contributed by atoms with Crippen molar-refractivity contribution in [3.63, 3.8) is 0 Å². The second-order valence-corrected chi connectivity index (χ2v) is 8.34. The van der Waals surface area contributed by atoms with Crippen LogP contribution in [0.3, 0.4) is 0 Å². The smallest absolute Gasteiger partial charge is 0.266 e. The van der Waals surface area contributed by atoms with E-state index in [4.69, 9.17) is 26.1 Å². The number of ether oxygens (including phenoxy) is 2. The van der Waals surface area contributed by atoms with Crippen molar-refractivity contribution in [2.45, 2.75) is 6.54 Å². The van der Waals surface area contributed by atoms with Gasteiger partial charge in [-0.3, -0.25) is 9.69 Å². The third-order valence-corrected chi connectivity index (χ3v) is 6.04. The number of benzene rings is 2. The zero-order valence-electron chi connectivity index (χ0n) is 15.5. The zero-order valence-corrected chi connectivity index (χ0v) is 17.1. The van der Waals surface area contributed by atoms with Crippen LogP contribution < -0.4 is 9.47 Å². The van der Waals surface area contributed by atoms with E-state index in [-0.39, 0.29) is 18.5 Å². The number of amides is 1. The Morgan fingerprint density at radius 1 is 1.10 bits per heavy atom. The van der Waals surface area contributed by atoms with E-state index in [0.717, 1.165) is 5.56 Å². The molecule has 2 aliphatic heterocycles. The third kappa shape index (κ3) is 3.59. The van der Waals surface area contributed by atoms with Crippen LogP contribution in [0.25, 0.3) is 17.4 Å². The van der Waals surface area contributed by atoms with E-state index in [1.165, 1.54) is 23.9 Å². The number of furan rings is 1. The number of carbonyl (C=O) groups excluding carboxylic acids is 1. The summed E-state index contributed by atoms with van der Waals surface area (Å²) in [5, 5.41) is 0. The van der Waals surface area contributed by atoms with Crippen molar-refractivity contribution in [2.24, 2.45) is 0 Å². The number of rotatable bonds is 4. The van der Waals surface area contributed by atoms with Crippen molar-refractivity contribution in [1.82, 2.24) is 4.90 Å². The Kier molecular flexibility index (Phi) is 4.80. The lowest BCUT2D eigenvalue weighted by molar-refractivity contribution is -0.122. The molecule has 8 heteroatoms. The molecule has 2 aliphatic rings. The molecule has 0 N–H and O–H groups in total. The summed E-state index contributed by atoms with van der Waals surface area (Å²) >= 11 is 6.63. The van der Waals surface area contributed by atoms with E-state index in [1.807, 2.05) is 18.2 Å². The van der Waals surface area contributed by atoms with Crippen LogP contribution in [0.1, 0.15) is 11.3 Å². The summed E-state index contributed by atoms with van der Waals surface area (Å²) in [6.45, 7) is 0.536. The Hall–Kier alpha value is -3.10. The molecule has 2 aromatic carbocycles. The summed E-state index contributed by atoms with van der Waals surface area (Å²) in [5.74, 6) is 1.85. The molecule has 0 atom stereocenters. The first-order valence-corrected chi connectivity index (χ1v) is 10.3. The molecule has 1 saturated heterocycles. The van der Waals surface area contributed by atoms with Gasteiger partial charge in [0.1, 0.15) is 21.7 Å². The minimum absolute atomic E-state index is 0.189. The van der Waals surface area contributed by atoms with Crippen molar-refractivity contribution in [1.29, 1.82) is 0 Å². The molecule has 3 heterocycles. The first-order valence-electron chi connectivity index (χ1n) is 9.06. The van der Waals surface area contributed by atoms with Crippen LogP contribution in [0.4, 0.5) is 4.39 Å². The molecule has 1 amide bonds. The quantitative estimate of drug-likeness (QED) is 0.411. The van der Waals surface area contributed by atoms with Gasteiger partial charge in [0.25, 0.3) is 5.91 Å². The third-order valence-electron chi connectivity index (χ3n) is 4.66. The van der Waals surface area contributed by atoms with E-state index in [9.17, 15) is 9.18 Å². The molecule has 5 rings (SSSR count). The largest absolute Gasteiger partial charge is 0.457 e. The predicted molar refractivity (Wildman–Crippen MR) is 115 cm³/mol. The zero-order chi connectivity index (χ0) is 20.7. The van der Waals surface area contributed by atoms with Crippen molar-refractivity contribution >= 4 is 40.3 Å². The van der Waals surface area contributed by atoms with Crippen LogP contribution in [-0.4, -0.2) is 21.9 Å². The number of thioether (sulfide) groups is 1. The lowest BCUT2D eigenvalue weighted by atomic mass is 10.2. The highest BCUT2D eigenvalue weighted by atomic mass is 32.2. The van der Waals surface area contributed by atoms with Gasteiger partial charge < -0.3 is 13.9 Å². The number of halogens is 1. The second kappa shape index (κ2) is 7.62. The minimum atomic E-state index is -0.338. The van der Waals surface area contributed by atoms with E-state index < -0.39 is 0 Å². The van der Waals surface area contributed by atoms with Gasteiger partial charge >= 0.3 is 0 Å². The molecule has 0 radical (unpaired) electrons. The van der Waals surface area contributed by atoms with Crippen LogP contribution in [0.5, 0.6) is 11.5 Å². The SMILES string of the molecule is O=C1C(=Cc2ccc(-c3cccc(F)c3)o2)SC(=S)N1Cc1ccc2c(c1)OCO2. The molecular weight excluding hydrogens is 425 g/mol. The summed E-state index contributed by atoms with van der Waals surface area (Å²) in [6, 6.07) is 15.2. The topological polar surface area (TPSA) is 51.9 Å². The predicted octanol–water partition coefficient (Wildman–Crippen LogP) is 5.22. The average Bonchev–Trinajstić information content (AvgIpc) is 3.45. The van der Waals surface area contributed by atoms with Crippen molar-refractivity contribution in [3.8, 4) is 22.8 Å². The molecule has 1 aromatic heterocycles. The highest BCUT2D eigenvalue weighted by Crippen LogP contribution is 2.37. The van der Waals surface area contributed by atoms with Gasteiger partial charge in [0, 0.05) is 11.6 Å². The fourth-order valence-corrected chi connectivity index (χ4v) is 4.45. The van der Waals surface area contributed by atoms with E-state index in [1.54, 1.807) is 35.2 Å².